The molecule has 0 rings (SSSR count). The van der Waals surface area contributed by atoms with Crippen LogP contribution in [0.2, 0.25) is 12.6 Å². The van der Waals surface area contributed by atoms with Crippen molar-refractivity contribution in [2.24, 2.45) is 0 Å². The van der Waals surface area contributed by atoms with Crippen LogP contribution in [0.25, 0.3) is 0 Å². The third kappa shape index (κ3) is 3.82. The van der Waals surface area contributed by atoms with Crippen molar-refractivity contribution < 1.29 is 14.3 Å². The Morgan fingerprint density at radius 3 is 1.67 bits per heavy atom. The van der Waals surface area contributed by atoms with Gasteiger partial charge >= 0.3 is 11.9 Å². The zero-order valence-electron chi connectivity index (χ0n) is 4.79. The summed E-state index contributed by atoms with van der Waals surface area (Å²) in [6.45, 7) is 0. The lowest BCUT2D eigenvalue weighted by molar-refractivity contribution is -0.156. The van der Waals surface area contributed by atoms with Crippen LogP contribution in [-0.2, 0) is 14.3 Å². The van der Waals surface area contributed by atoms with E-state index in [1.807, 2.05) is 0 Å². The molecular weight excluding hydrogens is 118 g/mol. The van der Waals surface area contributed by atoms with Gasteiger partial charge in [0, 0.05) is 12.6 Å². The van der Waals surface area contributed by atoms with Gasteiger partial charge in [0.25, 0.3) is 0 Å². The van der Waals surface area contributed by atoms with Gasteiger partial charge in [-0.3, -0.25) is 9.59 Å². The lowest BCUT2D eigenvalue weighted by Gasteiger charge is -1.95. The third-order valence-electron chi connectivity index (χ3n) is 0.561. The van der Waals surface area contributed by atoms with Gasteiger partial charge in [-0.1, -0.05) is 0 Å². The first-order chi connectivity index (χ1) is 4.20. The summed E-state index contributed by atoms with van der Waals surface area (Å²) in [7, 11) is 9.61. The Labute approximate surface area is 55.6 Å². The molecule has 0 N–H and O–H groups in total. The molecule has 3 nitrogen and oxygen atoms in total. The van der Waals surface area contributed by atoms with Crippen LogP contribution in [0.5, 0.6) is 0 Å². The number of carbonyl (C=O) groups is 2. The molecule has 0 aliphatic heterocycles. The van der Waals surface area contributed by atoms with Gasteiger partial charge in [-0.15, -0.1) is 0 Å². The monoisotopic (exact) mass is 122 g/mol. The van der Waals surface area contributed by atoms with Gasteiger partial charge in [-0.2, -0.15) is 0 Å². The molecule has 0 fully saturated rings. The molecule has 44 valence electrons. The maximum absolute atomic E-state index is 10.2. The zero-order valence-corrected chi connectivity index (χ0v) is 4.79. The number of hydrogen-bond donors (Lipinski definition) is 0. The van der Waals surface area contributed by atoms with E-state index in [2.05, 4.69) is 4.74 Å². The molecule has 0 saturated heterocycles. The summed E-state index contributed by atoms with van der Waals surface area (Å²) in [5.74, 6) is -1.52. The molecule has 0 aromatic rings. The largest absolute Gasteiger partial charge is 0.394 e. The third-order valence-corrected chi connectivity index (χ3v) is 0.561. The Morgan fingerprint density at radius 2 is 1.44 bits per heavy atom. The molecule has 0 bridgehead atoms. The Hall–Kier alpha value is -0.730. The van der Waals surface area contributed by atoms with Crippen molar-refractivity contribution >= 4 is 27.6 Å². The van der Waals surface area contributed by atoms with Gasteiger partial charge in [0.15, 0.2) is 0 Å². The second kappa shape index (κ2) is 4.18. The first-order valence-electron chi connectivity index (χ1n) is 2.34. The summed E-state index contributed by atoms with van der Waals surface area (Å²) in [6, 6.07) is 0. The first-order valence-corrected chi connectivity index (χ1v) is 2.34. The van der Waals surface area contributed by atoms with E-state index in [9.17, 15) is 9.59 Å². The van der Waals surface area contributed by atoms with Crippen molar-refractivity contribution in [2.75, 3.05) is 0 Å². The SMILES string of the molecule is [B]CC(=O)OC(=O)C[B]. The lowest BCUT2D eigenvalue weighted by Crippen LogP contribution is -2.10. The summed E-state index contributed by atoms with van der Waals surface area (Å²) >= 11 is 0. The molecule has 0 spiro atoms. The Morgan fingerprint density at radius 1 is 1.11 bits per heavy atom. The van der Waals surface area contributed by atoms with Crippen LogP contribution in [0, 0.1) is 0 Å². The van der Waals surface area contributed by atoms with E-state index in [0.29, 0.717) is 0 Å². The van der Waals surface area contributed by atoms with E-state index in [0.717, 1.165) is 0 Å². The van der Waals surface area contributed by atoms with Crippen LogP contribution in [-0.4, -0.2) is 27.6 Å². The molecule has 0 atom stereocenters. The second-order valence-corrected chi connectivity index (χ2v) is 1.25. The van der Waals surface area contributed by atoms with Gasteiger partial charge in [-0.05, 0) is 0 Å². The molecule has 5 heteroatoms. The topological polar surface area (TPSA) is 43.4 Å². The predicted octanol–water partition coefficient (Wildman–Crippen LogP) is -0.770. The molecule has 0 saturated carbocycles. The molecule has 0 aromatic carbocycles. The second-order valence-electron chi connectivity index (χ2n) is 1.25. The summed E-state index contributed by atoms with van der Waals surface area (Å²) in [4.78, 5) is 20.3. The van der Waals surface area contributed by atoms with Crippen molar-refractivity contribution in [3.8, 4) is 0 Å². The maximum atomic E-state index is 10.2. The molecule has 0 unspecified atom stereocenters. The highest BCUT2D eigenvalue weighted by molar-refractivity contribution is 6.22. The van der Waals surface area contributed by atoms with Crippen molar-refractivity contribution in [1.29, 1.82) is 0 Å². The summed E-state index contributed by atoms with van der Waals surface area (Å²) in [5.41, 5.74) is 0. The number of rotatable bonds is 2. The van der Waals surface area contributed by atoms with Crippen LogP contribution in [0.4, 0.5) is 0 Å². The number of carbonyl (C=O) groups excluding carboxylic acids is 2. The fourth-order valence-electron chi connectivity index (χ4n) is 0.210. The molecule has 0 aliphatic rings. The zero-order chi connectivity index (χ0) is 7.28. The average Bonchev–Trinajstić information content (AvgIpc) is 1.87. The highest BCUT2D eigenvalue weighted by Gasteiger charge is 2.02. The molecule has 0 heterocycles. The van der Waals surface area contributed by atoms with E-state index in [1.165, 1.54) is 0 Å². The van der Waals surface area contributed by atoms with Crippen LogP contribution < -0.4 is 0 Å². The van der Waals surface area contributed by atoms with Gasteiger partial charge in [0.05, 0.1) is 15.7 Å². The fourth-order valence-corrected chi connectivity index (χ4v) is 0.210. The fraction of sp³-hybridized carbons (Fsp3) is 0.500. The van der Waals surface area contributed by atoms with E-state index < -0.39 is 11.9 Å². The first kappa shape index (κ1) is 8.27. The van der Waals surface area contributed by atoms with Crippen molar-refractivity contribution in [3.63, 3.8) is 0 Å². The minimum atomic E-state index is -0.759. The minimum Gasteiger partial charge on any atom is -0.394 e. The standard InChI is InChI=1S/C4H4B2O3/c5-1-3(7)9-4(8)2-6/h1-2H2. The number of hydrogen-bond acceptors (Lipinski definition) is 3. The quantitative estimate of drug-likeness (QED) is 0.274. The van der Waals surface area contributed by atoms with Crippen LogP contribution in [0.1, 0.15) is 0 Å². The smallest absolute Gasteiger partial charge is 0.304 e. The Kier molecular flexibility index (Phi) is 3.84. The van der Waals surface area contributed by atoms with Crippen molar-refractivity contribution in [1.82, 2.24) is 0 Å². The van der Waals surface area contributed by atoms with E-state index >= 15 is 0 Å². The summed E-state index contributed by atoms with van der Waals surface area (Å²) in [5, 5.41) is 0. The normalized spacial score (nSPS) is 8.44. The van der Waals surface area contributed by atoms with Gasteiger partial charge < -0.3 is 4.74 Å². The molecule has 0 amide bonds. The molecule has 0 aliphatic carbocycles. The van der Waals surface area contributed by atoms with Crippen LogP contribution in [0.15, 0.2) is 0 Å². The maximum Gasteiger partial charge on any atom is 0.304 e. The highest BCUT2D eigenvalue weighted by atomic mass is 16.6. The van der Waals surface area contributed by atoms with Crippen LogP contribution in [0.3, 0.4) is 0 Å². The van der Waals surface area contributed by atoms with Gasteiger partial charge in [0.1, 0.15) is 0 Å². The van der Waals surface area contributed by atoms with Crippen molar-refractivity contribution in [2.45, 2.75) is 12.6 Å². The number of ether oxygens (including phenoxy) is 1. The lowest BCUT2D eigenvalue weighted by atomic mass is 10.1. The van der Waals surface area contributed by atoms with E-state index in [1.54, 1.807) is 0 Å². The number of esters is 2. The highest BCUT2D eigenvalue weighted by Crippen LogP contribution is 1.86. The molecular formula is C4H4B2O3. The molecule has 9 heavy (non-hydrogen) atoms. The van der Waals surface area contributed by atoms with Gasteiger partial charge in [0.2, 0.25) is 0 Å². The van der Waals surface area contributed by atoms with Crippen LogP contribution >= 0.6 is 0 Å². The van der Waals surface area contributed by atoms with Gasteiger partial charge in [-0.25, -0.2) is 0 Å². The Balaban J connectivity index is 3.47. The average molecular weight is 122 g/mol. The van der Waals surface area contributed by atoms with Crippen molar-refractivity contribution in [3.05, 3.63) is 0 Å². The summed E-state index contributed by atoms with van der Waals surface area (Å²) < 4.78 is 4.02. The minimum absolute atomic E-state index is 0.300. The molecule has 4 radical (unpaired) electrons. The summed E-state index contributed by atoms with van der Waals surface area (Å²) in [6.07, 6.45) is -0.600. The van der Waals surface area contributed by atoms with E-state index in [-0.39, 0.29) is 12.6 Å². The molecule has 0 aromatic heterocycles. The Bertz CT molecular complexity index is 109. The predicted molar refractivity (Wildman–Crippen MR) is 32.2 cm³/mol. The van der Waals surface area contributed by atoms with E-state index in [4.69, 9.17) is 15.7 Å².